The zero-order valence-electron chi connectivity index (χ0n) is 15.5. The van der Waals surface area contributed by atoms with Crippen molar-refractivity contribution >= 4 is 22.5 Å². The molecular formula is C21H27N2O2+. The van der Waals surface area contributed by atoms with E-state index in [-0.39, 0.29) is 5.97 Å². The highest BCUT2D eigenvalue weighted by atomic mass is 16.7. The molecule has 132 valence electrons. The minimum Gasteiger partial charge on any atom is -0.331 e. The van der Waals surface area contributed by atoms with Crippen LogP contribution in [0.1, 0.15) is 30.1 Å². The molecule has 2 atom stereocenters. The Morgan fingerprint density at radius 1 is 1.16 bits per heavy atom. The van der Waals surface area contributed by atoms with Crippen molar-refractivity contribution in [2.24, 2.45) is 17.0 Å². The highest BCUT2D eigenvalue weighted by molar-refractivity contribution is 5.96. The van der Waals surface area contributed by atoms with Crippen molar-refractivity contribution in [1.29, 1.82) is 0 Å². The monoisotopic (exact) mass is 339 g/mol. The average molecular weight is 339 g/mol. The van der Waals surface area contributed by atoms with Crippen LogP contribution >= 0.6 is 0 Å². The number of quaternary nitrogens is 1. The Hall–Kier alpha value is -2.20. The van der Waals surface area contributed by atoms with Gasteiger partial charge in [0.1, 0.15) is 0 Å². The lowest BCUT2D eigenvalue weighted by atomic mass is 10.1. The fraction of sp³-hybridized carbons (Fsp3) is 0.429. The molecule has 0 N–H and O–H groups in total. The van der Waals surface area contributed by atoms with E-state index in [4.69, 9.17) is 4.84 Å². The van der Waals surface area contributed by atoms with Gasteiger partial charge in [0.25, 0.3) is 0 Å². The molecule has 0 amide bonds. The Kier molecular flexibility index (Phi) is 4.91. The molecule has 2 aromatic rings. The van der Waals surface area contributed by atoms with Gasteiger partial charge in [0, 0.05) is 5.92 Å². The number of oxime groups is 1. The number of nitrogens with zero attached hydrogens (tertiary/aromatic N) is 2. The fourth-order valence-corrected chi connectivity index (χ4v) is 3.73. The quantitative estimate of drug-likeness (QED) is 0.478. The predicted octanol–water partition coefficient (Wildman–Crippen LogP) is 4.10. The molecule has 1 aliphatic carbocycles. The standard InChI is InChI=1S/C21H27N2O2/c1-15-11-16(14-23(2,3)4)12-20(15)22-25-21(24)19-10-9-17-7-5-6-8-18(17)13-19/h5-10,13,15-16H,11-12,14H2,1-4H3/q+1/b22-20+/t15-,16+/m1/s1. The molecule has 0 bridgehead atoms. The SMILES string of the molecule is C[C@@H]1C[C@H](C[N+](C)(C)C)C/C1=N\OC(=O)c1ccc2ccccc2c1. The van der Waals surface area contributed by atoms with E-state index in [2.05, 4.69) is 33.2 Å². The van der Waals surface area contributed by atoms with Crippen LogP contribution in [0, 0.1) is 11.8 Å². The van der Waals surface area contributed by atoms with Gasteiger partial charge in [-0.25, -0.2) is 4.79 Å². The summed E-state index contributed by atoms with van der Waals surface area (Å²) in [6, 6.07) is 13.6. The summed E-state index contributed by atoms with van der Waals surface area (Å²) in [5.41, 5.74) is 1.55. The lowest BCUT2D eigenvalue weighted by molar-refractivity contribution is -0.873. The van der Waals surface area contributed by atoms with E-state index in [1.807, 2.05) is 36.4 Å². The third-order valence-corrected chi connectivity index (χ3v) is 4.79. The molecule has 1 saturated carbocycles. The van der Waals surface area contributed by atoms with Gasteiger partial charge in [0.15, 0.2) is 0 Å². The van der Waals surface area contributed by atoms with Gasteiger partial charge < -0.3 is 9.32 Å². The summed E-state index contributed by atoms with van der Waals surface area (Å²) in [7, 11) is 6.62. The molecule has 25 heavy (non-hydrogen) atoms. The van der Waals surface area contributed by atoms with Crippen LogP contribution < -0.4 is 0 Å². The summed E-state index contributed by atoms with van der Waals surface area (Å²) < 4.78 is 0.946. The van der Waals surface area contributed by atoms with Gasteiger partial charge in [-0.15, -0.1) is 0 Å². The summed E-state index contributed by atoms with van der Waals surface area (Å²) in [5.74, 6) is 0.592. The third-order valence-electron chi connectivity index (χ3n) is 4.79. The normalized spacial score (nSPS) is 22.5. The number of carbonyl (C=O) groups is 1. The van der Waals surface area contributed by atoms with Crippen molar-refractivity contribution in [1.82, 2.24) is 0 Å². The first-order valence-corrected chi connectivity index (χ1v) is 8.89. The minimum absolute atomic E-state index is 0.376. The van der Waals surface area contributed by atoms with E-state index >= 15 is 0 Å². The summed E-state index contributed by atoms with van der Waals surface area (Å²) in [6.07, 6.45) is 2.03. The number of rotatable bonds is 4. The molecule has 0 unspecified atom stereocenters. The molecule has 0 aliphatic heterocycles. The van der Waals surface area contributed by atoms with Gasteiger partial charge in [0.2, 0.25) is 0 Å². The molecule has 0 heterocycles. The van der Waals surface area contributed by atoms with Crippen LogP contribution in [-0.2, 0) is 4.84 Å². The first kappa shape index (κ1) is 17.6. The van der Waals surface area contributed by atoms with Crippen molar-refractivity contribution in [3.8, 4) is 0 Å². The summed E-state index contributed by atoms with van der Waals surface area (Å²) >= 11 is 0. The van der Waals surface area contributed by atoms with E-state index < -0.39 is 0 Å². The predicted molar refractivity (Wildman–Crippen MR) is 102 cm³/mol. The first-order chi connectivity index (χ1) is 11.8. The molecule has 3 rings (SSSR count). The average Bonchev–Trinajstić information content (AvgIpc) is 2.89. The maximum Gasteiger partial charge on any atom is 0.365 e. The topological polar surface area (TPSA) is 38.7 Å². The van der Waals surface area contributed by atoms with Crippen LogP contribution in [0.5, 0.6) is 0 Å². The maximum atomic E-state index is 12.3. The second kappa shape index (κ2) is 6.96. The van der Waals surface area contributed by atoms with Gasteiger partial charge in [-0.05, 0) is 41.7 Å². The lowest BCUT2D eigenvalue weighted by Gasteiger charge is -2.27. The Morgan fingerprint density at radius 3 is 2.60 bits per heavy atom. The van der Waals surface area contributed by atoms with Gasteiger partial charge in [-0.2, -0.15) is 0 Å². The lowest BCUT2D eigenvalue weighted by Crippen LogP contribution is -2.38. The van der Waals surface area contributed by atoms with Crippen molar-refractivity contribution in [2.75, 3.05) is 27.7 Å². The van der Waals surface area contributed by atoms with Gasteiger partial charge in [-0.3, -0.25) is 0 Å². The van der Waals surface area contributed by atoms with Gasteiger partial charge in [-0.1, -0.05) is 42.4 Å². The number of benzene rings is 2. The zero-order chi connectivity index (χ0) is 18.0. The molecule has 2 aromatic carbocycles. The van der Waals surface area contributed by atoms with Crippen LogP contribution in [0.3, 0.4) is 0 Å². The molecule has 4 nitrogen and oxygen atoms in total. The van der Waals surface area contributed by atoms with Crippen molar-refractivity contribution in [3.05, 3.63) is 48.0 Å². The third kappa shape index (κ3) is 4.45. The Balaban J connectivity index is 1.67. The first-order valence-electron chi connectivity index (χ1n) is 8.89. The largest absolute Gasteiger partial charge is 0.365 e. The zero-order valence-corrected chi connectivity index (χ0v) is 15.5. The summed E-state index contributed by atoms with van der Waals surface area (Å²) in [4.78, 5) is 17.6. The van der Waals surface area contributed by atoms with E-state index in [1.165, 1.54) is 0 Å². The molecule has 4 heteroatoms. The van der Waals surface area contributed by atoms with Crippen LogP contribution in [0.2, 0.25) is 0 Å². The van der Waals surface area contributed by atoms with Gasteiger partial charge >= 0.3 is 5.97 Å². The minimum atomic E-state index is -0.388. The van der Waals surface area contributed by atoms with Crippen LogP contribution in [0.25, 0.3) is 10.8 Å². The number of fused-ring (bicyclic) bond motifs is 1. The number of carbonyl (C=O) groups excluding carboxylic acids is 1. The van der Waals surface area contributed by atoms with Crippen LogP contribution in [0.4, 0.5) is 0 Å². The smallest absolute Gasteiger partial charge is 0.331 e. The number of hydrogen-bond acceptors (Lipinski definition) is 3. The molecule has 0 radical (unpaired) electrons. The molecule has 1 aliphatic rings. The molecule has 0 saturated heterocycles. The van der Waals surface area contributed by atoms with E-state index in [0.717, 1.165) is 40.4 Å². The van der Waals surface area contributed by atoms with Crippen molar-refractivity contribution < 1.29 is 14.1 Å². The Morgan fingerprint density at radius 2 is 1.88 bits per heavy atom. The highest BCUT2D eigenvalue weighted by Gasteiger charge is 2.32. The molecule has 0 spiro atoms. The second-order valence-corrected chi connectivity index (χ2v) is 8.20. The molecule has 1 fully saturated rings. The van der Waals surface area contributed by atoms with Crippen molar-refractivity contribution in [2.45, 2.75) is 19.8 Å². The Labute approximate surface area is 149 Å². The van der Waals surface area contributed by atoms with Crippen LogP contribution in [0.15, 0.2) is 47.6 Å². The maximum absolute atomic E-state index is 12.3. The van der Waals surface area contributed by atoms with E-state index in [0.29, 0.717) is 17.4 Å². The van der Waals surface area contributed by atoms with E-state index in [9.17, 15) is 4.79 Å². The Bertz CT molecular complexity index is 805. The fourth-order valence-electron chi connectivity index (χ4n) is 3.73. The van der Waals surface area contributed by atoms with E-state index in [1.54, 1.807) is 6.07 Å². The van der Waals surface area contributed by atoms with Crippen LogP contribution in [-0.4, -0.2) is 43.9 Å². The number of hydrogen-bond donors (Lipinski definition) is 0. The molecular weight excluding hydrogens is 312 g/mol. The highest BCUT2D eigenvalue weighted by Crippen LogP contribution is 2.30. The summed E-state index contributed by atoms with van der Waals surface area (Å²) in [6.45, 7) is 3.28. The second-order valence-electron chi connectivity index (χ2n) is 8.20. The molecule has 0 aromatic heterocycles. The summed E-state index contributed by atoms with van der Waals surface area (Å²) in [5, 5.41) is 6.34. The van der Waals surface area contributed by atoms with Gasteiger partial charge in [0.05, 0.1) is 39.0 Å². The van der Waals surface area contributed by atoms with Crippen molar-refractivity contribution in [3.63, 3.8) is 0 Å².